The zero-order valence-electron chi connectivity index (χ0n) is 6.90. The number of aromatic nitrogens is 2. The van der Waals surface area contributed by atoms with Crippen molar-refractivity contribution in [1.82, 2.24) is 10.2 Å². The number of nitrogens with one attached hydrogen (secondary N) is 1. The molecular weight excluding hydrogens is 166 g/mol. The van der Waals surface area contributed by atoms with Crippen LogP contribution in [0.4, 0.5) is 5.69 Å². The zero-order valence-corrected chi connectivity index (χ0v) is 6.90. The third kappa shape index (κ3) is 1.79. The molecule has 0 atom stereocenters. The number of rotatable bonds is 2. The molecule has 0 saturated carbocycles. The van der Waals surface area contributed by atoms with Gasteiger partial charge in [0.1, 0.15) is 5.75 Å². The van der Waals surface area contributed by atoms with Gasteiger partial charge >= 0.3 is 0 Å². The Morgan fingerprint density at radius 3 is 2.54 bits per heavy atom. The summed E-state index contributed by atoms with van der Waals surface area (Å²) < 4.78 is 5.40. The number of hydrogen-bond donors (Lipinski definition) is 2. The second-order valence-corrected chi connectivity index (χ2v) is 2.59. The molecule has 0 radical (unpaired) electrons. The average Bonchev–Trinajstić information content (AvgIpc) is 2.62. The number of H-pyrrole nitrogens is 1. The van der Waals surface area contributed by atoms with Crippen LogP contribution in [0.2, 0.25) is 0 Å². The van der Waals surface area contributed by atoms with E-state index in [9.17, 15) is 0 Å². The molecule has 0 saturated heterocycles. The van der Waals surface area contributed by atoms with E-state index >= 15 is 0 Å². The molecule has 3 N–H and O–H groups in total. The molecule has 0 amide bonds. The van der Waals surface area contributed by atoms with Gasteiger partial charge in [-0.3, -0.25) is 0 Å². The quantitative estimate of drug-likeness (QED) is 0.684. The Bertz CT molecular complexity index is 366. The third-order valence-corrected chi connectivity index (χ3v) is 1.58. The van der Waals surface area contributed by atoms with E-state index in [-0.39, 0.29) is 0 Å². The van der Waals surface area contributed by atoms with Gasteiger partial charge in [-0.15, -0.1) is 0 Å². The summed E-state index contributed by atoms with van der Waals surface area (Å²) in [4.78, 5) is 0. The van der Waals surface area contributed by atoms with Gasteiger partial charge in [-0.1, -0.05) is 0 Å². The molecule has 4 heteroatoms. The summed E-state index contributed by atoms with van der Waals surface area (Å²) in [5.41, 5.74) is 6.24. The topological polar surface area (TPSA) is 63.9 Å². The minimum Gasteiger partial charge on any atom is -0.440 e. The molecule has 66 valence electrons. The largest absolute Gasteiger partial charge is 0.440 e. The summed E-state index contributed by atoms with van der Waals surface area (Å²) in [5.74, 6) is 1.35. The van der Waals surface area contributed by atoms with Crippen LogP contribution in [0.25, 0.3) is 0 Å². The SMILES string of the molecule is Nc1ccc(Oc2ccn[nH]2)cc1. The first-order chi connectivity index (χ1) is 6.34. The van der Waals surface area contributed by atoms with E-state index < -0.39 is 0 Å². The predicted octanol–water partition coefficient (Wildman–Crippen LogP) is 1.78. The van der Waals surface area contributed by atoms with Crippen LogP contribution in [-0.2, 0) is 0 Å². The van der Waals surface area contributed by atoms with Crippen molar-refractivity contribution >= 4 is 5.69 Å². The van der Waals surface area contributed by atoms with E-state index in [1.807, 2.05) is 0 Å². The average molecular weight is 175 g/mol. The molecule has 0 fully saturated rings. The fourth-order valence-electron chi connectivity index (χ4n) is 0.963. The Hall–Kier alpha value is -1.97. The summed E-state index contributed by atoms with van der Waals surface area (Å²) in [6, 6.07) is 8.92. The van der Waals surface area contributed by atoms with E-state index in [1.54, 1.807) is 36.5 Å². The predicted molar refractivity (Wildman–Crippen MR) is 49.5 cm³/mol. The number of ether oxygens (including phenoxy) is 1. The van der Waals surface area contributed by atoms with Crippen LogP contribution in [-0.4, -0.2) is 10.2 Å². The van der Waals surface area contributed by atoms with Crippen molar-refractivity contribution in [2.24, 2.45) is 0 Å². The van der Waals surface area contributed by atoms with Gasteiger partial charge in [0.15, 0.2) is 0 Å². The van der Waals surface area contributed by atoms with Crippen LogP contribution in [0.1, 0.15) is 0 Å². The number of anilines is 1. The van der Waals surface area contributed by atoms with E-state index in [2.05, 4.69) is 10.2 Å². The van der Waals surface area contributed by atoms with Gasteiger partial charge in [0.25, 0.3) is 0 Å². The fraction of sp³-hybridized carbons (Fsp3) is 0. The Kier molecular flexibility index (Phi) is 1.88. The second kappa shape index (κ2) is 3.18. The number of nitrogen functional groups attached to an aromatic ring is 1. The van der Waals surface area contributed by atoms with Crippen molar-refractivity contribution in [3.63, 3.8) is 0 Å². The molecule has 0 spiro atoms. The lowest BCUT2D eigenvalue weighted by Gasteiger charge is -2.01. The van der Waals surface area contributed by atoms with Crippen molar-refractivity contribution in [3.05, 3.63) is 36.5 Å². The highest BCUT2D eigenvalue weighted by Gasteiger charge is 1.96. The number of benzene rings is 1. The first kappa shape index (κ1) is 7.67. The molecule has 1 aromatic heterocycles. The second-order valence-electron chi connectivity index (χ2n) is 2.59. The molecule has 0 aliphatic heterocycles. The van der Waals surface area contributed by atoms with Gasteiger partial charge < -0.3 is 10.5 Å². The van der Waals surface area contributed by atoms with Crippen LogP contribution < -0.4 is 10.5 Å². The van der Waals surface area contributed by atoms with Crippen LogP contribution in [0, 0.1) is 0 Å². The maximum absolute atomic E-state index is 5.52. The molecule has 0 aliphatic rings. The van der Waals surface area contributed by atoms with Gasteiger partial charge in [0, 0.05) is 11.8 Å². The van der Waals surface area contributed by atoms with Gasteiger partial charge in [0.05, 0.1) is 6.20 Å². The molecule has 4 nitrogen and oxygen atoms in total. The van der Waals surface area contributed by atoms with E-state index in [4.69, 9.17) is 10.5 Å². The van der Waals surface area contributed by atoms with Crippen molar-refractivity contribution < 1.29 is 4.74 Å². The number of nitrogens with two attached hydrogens (primary N) is 1. The molecule has 2 aromatic rings. The summed E-state index contributed by atoms with van der Waals surface area (Å²) in [7, 11) is 0. The van der Waals surface area contributed by atoms with Crippen molar-refractivity contribution in [2.45, 2.75) is 0 Å². The fourth-order valence-corrected chi connectivity index (χ4v) is 0.963. The lowest BCUT2D eigenvalue weighted by Crippen LogP contribution is -1.86. The summed E-state index contributed by atoms with van der Waals surface area (Å²) in [6.45, 7) is 0. The van der Waals surface area contributed by atoms with E-state index in [0.29, 0.717) is 5.88 Å². The molecule has 0 unspecified atom stereocenters. The lowest BCUT2D eigenvalue weighted by atomic mass is 10.3. The lowest BCUT2D eigenvalue weighted by molar-refractivity contribution is 0.461. The molecule has 13 heavy (non-hydrogen) atoms. The Morgan fingerprint density at radius 2 is 1.92 bits per heavy atom. The van der Waals surface area contributed by atoms with Crippen LogP contribution in [0.3, 0.4) is 0 Å². The normalized spacial score (nSPS) is 9.85. The molecule has 1 aromatic carbocycles. The zero-order chi connectivity index (χ0) is 9.10. The third-order valence-electron chi connectivity index (χ3n) is 1.58. The monoisotopic (exact) mass is 175 g/mol. The maximum Gasteiger partial charge on any atom is 0.215 e. The highest BCUT2D eigenvalue weighted by Crippen LogP contribution is 2.19. The van der Waals surface area contributed by atoms with Crippen LogP contribution in [0.15, 0.2) is 36.5 Å². The van der Waals surface area contributed by atoms with Crippen molar-refractivity contribution in [2.75, 3.05) is 5.73 Å². The molecule has 2 rings (SSSR count). The minimum absolute atomic E-state index is 0.616. The summed E-state index contributed by atoms with van der Waals surface area (Å²) >= 11 is 0. The molecule has 0 bridgehead atoms. The van der Waals surface area contributed by atoms with Crippen molar-refractivity contribution in [1.29, 1.82) is 0 Å². The standard InChI is InChI=1S/C9H9N3O/c10-7-1-3-8(4-2-7)13-9-5-6-11-12-9/h1-6H,10H2,(H,11,12). The van der Waals surface area contributed by atoms with Crippen LogP contribution in [0.5, 0.6) is 11.6 Å². The Balaban J connectivity index is 2.15. The van der Waals surface area contributed by atoms with Crippen molar-refractivity contribution in [3.8, 4) is 11.6 Å². The van der Waals surface area contributed by atoms with Gasteiger partial charge in [-0.05, 0) is 24.3 Å². The number of nitrogens with zero attached hydrogens (tertiary/aromatic N) is 1. The van der Waals surface area contributed by atoms with E-state index in [0.717, 1.165) is 11.4 Å². The Labute approximate surface area is 75.3 Å². The molecule has 0 aliphatic carbocycles. The van der Waals surface area contributed by atoms with Gasteiger partial charge in [-0.2, -0.15) is 5.10 Å². The number of hydrogen-bond acceptors (Lipinski definition) is 3. The maximum atomic E-state index is 5.52. The highest BCUT2D eigenvalue weighted by atomic mass is 16.5. The first-order valence-electron chi connectivity index (χ1n) is 3.87. The number of aromatic amines is 1. The first-order valence-corrected chi connectivity index (χ1v) is 3.87. The van der Waals surface area contributed by atoms with Gasteiger partial charge in [-0.25, -0.2) is 5.10 Å². The van der Waals surface area contributed by atoms with E-state index in [1.165, 1.54) is 0 Å². The highest BCUT2D eigenvalue weighted by molar-refractivity contribution is 5.42. The Morgan fingerprint density at radius 1 is 1.15 bits per heavy atom. The van der Waals surface area contributed by atoms with Gasteiger partial charge in [0.2, 0.25) is 5.88 Å². The summed E-state index contributed by atoms with van der Waals surface area (Å²) in [5, 5.41) is 6.46. The molecular formula is C9H9N3O. The molecule has 1 heterocycles. The van der Waals surface area contributed by atoms with Crippen LogP contribution >= 0.6 is 0 Å². The minimum atomic E-state index is 0.616. The smallest absolute Gasteiger partial charge is 0.215 e. The summed E-state index contributed by atoms with van der Waals surface area (Å²) in [6.07, 6.45) is 1.63.